The van der Waals surface area contributed by atoms with Gasteiger partial charge >= 0.3 is 0 Å². The lowest BCUT2D eigenvalue weighted by atomic mass is 10.1. The van der Waals surface area contributed by atoms with E-state index in [1.165, 1.54) is 0 Å². The quantitative estimate of drug-likeness (QED) is 0.348. The van der Waals surface area contributed by atoms with Crippen LogP contribution in [0, 0.1) is 0 Å². The molecule has 2 fully saturated rings. The molecule has 3 aromatic rings. The minimum atomic E-state index is -0.334. The highest BCUT2D eigenvalue weighted by atomic mass is 16.6. The molecular formula is C36H51NO13. The number of benzene rings is 2. The van der Waals surface area contributed by atoms with E-state index in [0.29, 0.717) is 141 Å². The van der Waals surface area contributed by atoms with Gasteiger partial charge in [-0.2, -0.15) is 0 Å². The largest absolute Gasteiger partial charge is 0.491 e. The van der Waals surface area contributed by atoms with Crippen LogP contribution in [0.5, 0.6) is 11.5 Å². The van der Waals surface area contributed by atoms with Crippen molar-refractivity contribution in [2.24, 2.45) is 7.05 Å². The highest BCUT2D eigenvalue weighted by molar-refractivity contribution is 5.94. The number of rotatable bonds is 6. The van der Waals surface area contributed by atoms with Gasteiger partial charge in [-0.3, -0.25) is 4.79 Å². The molecule has 0 radical (unpaired) electrons. The van der Waals surface area contributed by atoms with Crippen LogP contribution < -0.4 is 14.9 Å². The zero-order chi connectivity index (χ0) is 34.6. The second-order valence-corrected chi connectivity index (χ2v) is 11.7. The molecule has 2 aliphatic heterocycles. The average molecular weight is 706 g/mol. The minimum absolute atomic E-state index is 0.117. The van der Waals surface area contributed by atoms with Gasteiger partial charge in [-0.15, -0.1) is 0 Å². The molecule has 5 rings (SSSR count). The van der Waals surface area contributed by atoms with Crippen LogP contribution in [-0.2, 0) is 54.4 Å². The molecule has 0 amide bonds. The minimum Gasteiger partial charge on any atom is -0.491 e. The first-order chi connectivity index (χ1) is 24.7. The van der Waals surface area contributed by atoms with Crippen molar-refractivity contribution < 1.29 is 56.8 Å². The van der Waals surface area contributed by atoms with Crippen LogP contribution in [0.25, 0.3) is 21.8 Å². The van der Waals surface area contributed by atoms with E-state index < -0.39 is 0 Å². The molecular weight excluding hydrogens is 654 g/mol. The van der Waals surface area contributed by atoms with Gasteiger partial charge in [0.25, 0.3) is 0 Å². The topological polar surface area (TPSA) is 133 Å². The van der Waals surface area contributed by atoms with Gasteiger partial charge in [0, 0.05) is 17.8 Å². The normalized spacial score (nSPS) is 22.5. The summed E-state index contributed by atoms with van der Waals surface area (Å²) in [5.74, 6) is 1.11. The van der Waals surface area contributed by atoms with E-state index in [1.54, 1.807) is 12.1 Å². The number of fused-ring (bicyclic) bond motifs is 2. The van der Waals surface area contributed by atoms with Gasteiger partial charge in [0.05, 0.1) is 130 Å². The van der Waals surface area contributed by atoms with Crippen LogP contribution in [-0.4, -0.2) is 149 Å². The average Bonchev–Trinajstić information content (AvgIpc) is 3.15. The van der Waals surface area contributed by atoms with E-state index in [2.05, 4.69) is 0 Å². The van der Waals surface area contributed by atoms with E-state index in [1.807, 2.05) is 35.9 Å². The third-order valence-corrected chi connectivity index (χ3v) is 8.02. The fraction of sp³-hybridized carbons (Fsp3) is 0.639. The number of aromatic nitrogens is 1. The second kappa shape index (κ2) is 22.1. The van der Waals surface area contributed by atoms with Gasteiger partial charge < -0.3 is 61.4 Å². The van der Waals surface area contributed by atoms with Crippen LogP contribution in [0.2, 0.25) is 0 Å². The van der Waals surface area contributed by atoms with Crippen LogP contribution >= 0.6 is 0 Å². The molecule has 3 heterocycles. The molecule has 14 nitrogen and oxygen atoms in total. The van der Waals surface area contributed by atoms with Crippen molar-refractivity contribution in [2.75, 3.05) is 132 Å². The number of ether oxygens (including phenoxy) is 12. The Hall–Kier alpha value is -2.89. The van der Waals surface area contributed by atoms with Crippen LogP contribution in [0.4, 0.5) is 0 Å². The lowest BCUT2D eigenvalue weighted by Gasteiger charge is -2.20. The summed E-state index contributed by atoms with van der Waals surface area (Å²) in [4.78, 5) is 13.9. The summed E-state index contributed by atoms with van der Waals surface area (Å²) >= 11 is 0. The fourth-order valence-electron chi connectivity index (χ4n) is 5.40. The zero-order valence-electron chi connectivity index (χ0n) is 29.0. The van der Waals surface area contributed by atoms with Crippen molar-refractivity contribution in [3.8, 4) is 11.5 Å². The monoisotopic (exact) mass is 705 g/mol. The van der Waals surface area contributed by atoms with Crippen LogP contribution in [0.15, 0.2) is 41.2 Å². The lowest BCUT2D eigenvalue weighted by Crippen LogP contribution is -2.29. The van der Waals surface area contributed by atoms with E-state index in [-0.39, 0.29) is 30.9 Å². The van der Waals surface area contributed by atoms with E-state index in [0.717, 1.165) is 11.0 Å². The summed E-state index contributed by atoms with van der Waals surface area (Å²) in [7, 11) is 1.94. The molecule has 2 unspecified atom stereocenters. The first-order valence-electron chi connectivity index (χ1n) is 17.4. The Morgan fingerprint density at radius 1 is 0.520 bits per heavy atom. The molecule has 14 heteroatoms. The Labute approximate surface area is 292 Å². The Morgan fingerprint density at radius 3 is 1.24 bits per heavy atom. The summed E-state index contributed by atoms with van der Waals surface area (Å²) < 4.78 is 70.9. The Bertz CT molecular complexity index is 1330. The van der Waals surface area contributed by atoms with Gasteiger partial charge in [0.15, 0.2) is 5.43 Å². The zero-order valence-corrected chi connectivity index (χ0v) is 29.0. The lowest BCUT2D eigenvalue weighted by molar-refractivity contribution is -0.0606. The first-order valence-corrected chi connectivity index (χ1v) is 17.4. The molecule has 2 atom stereocenters. The molecule has 0 saturated carbocycles. The standard InChI is InChI=1S/C36H51NO13/c1-37-34-4-2-28(49-26-30-24-45-16-14-41-8-6-39-10-12-43-18-20-47-30)22-32(34)36(38)33-23-29(3-5-35(33)37)50-27-31-25-46-17-15-42-9-7-40-11-13-44-19-21-48-31/h2-5,22-23,30-31H,6-21,24-27H2,1H3. The molecule has 2 saturated heterocycles. The maximum atomic E-state index is 13.9. The third-order valence-electron chi connectivity index (χ3n) is 8.02. The van der Waals surface area contributed by atoms with Crippen molar-refractivity contribution in [2.45, 2.75) is 12.2 Å². The number of hydrogen-bond acceptors (Lipinski definition) is 13. The molecule has 1 aromatic heterocycles. The molecule has 278 valence electrons. The second-order valence-electron chi connectivity index (χ2n) is 11.7. The Kier molecular flexibility index (Phi) is 17.0. The number of pyridine rings is 1. The smallest absolute Gasteiger partial charge is 0.197 e. The van der Waals surface area contributed by atoms with Crippen molar-refractivity contribution in [1.29, 1.82) is 0 Å². The van der Waals surface area contributed by atoms with Crippen molar-refractivity contribution in [3.05, 3.63) is 46.6 Å². The molecule has 0 spiro atoms. The van der Waals surface area contributed by atoms with Crippen LogP contribution in [0.3, 0.4) is 0 Å². The van der Waals surface area contributed by atoms with Crippen molar-refractivity contribution in [1.82, 2.24) is 4.57 Å². The van der Waals surface area contributed by atoms with Gasteiger partial charge in [-0.1, -0.05) is 0 Å². The van der Waals surface area contributed by atoms with Gasteiger partial charge in [-0.25, -0.2) is 0 Å². The molecule has 0 N–H and O–H groups in total. The van der Waals surface area contributed by atoms with Crippen molar-refractivity contribution >= 4 is 21.8 Å². The SMILES string of the molecule is Cn1c2ccc(OCC3COCCOCCOCCOCCO3)cc2c(=O)c2cc(OCC3COCCOCCOCCOCCO3)ccc21. The highest BCUT2D eigenvalue weighted by Gasteiger charge is 2.16. The summed E-state index contributed by atoms with van der Waals surface area (Å²) in [5.41, 5.74) is 1.46. The number of aryl methyl sites for hydroxylation is 1. The Balaban J connectivity index is 1.22. The van der Waals surface area contributed by atoms with Gasteiger partial charge in [0.1, 0.15) is 36.9 Å². The maximum Gasteiger partial charge on any atom is 0.197 e. The first kappa shape index (κ1) is 38.3. The van der Waals surface area contributed by atoms with Crippen LogP contribution in [0.1, 0.15) is 0 Å². The van der Waals surface area contributed by atoms with E-state index in [4.69, 9.17) is 56.8 Å². The number of nitrogens with zero attached hydrogens (tertiary/aromatic N) is 1. The van der Waals surface area contributed by atoms with Gasteiger partial charge in [-0.05, 0) is 36.4 Å². The molecule has 0 bridgehead atoms. The molecule has 50 heavy (non-hydrogen) atoms. The summed E-state index contributed by atoms with van der Waals surface area (Å²) in [6, 6.07) is 11.0. The van der Waals surface area contributed by atoms with Gasteiger partial charge in [0.2, 0.25) is 0 Å². The highest BCUT2D eigenvalue weighted by Crippen LogP contribution is 2.25. The van der Waals surface area contributed by atoms with Crippen molar-refractivity contribution in [3.63, 3.8) is 0 Å². The fourth-order valence-corrected chi connectivity index (χ4v) is 5.40. The van der Waals surface area contributed by atoms with E-state index >= 15 is 0 Å². The number of hydrogen-bond donors (Lipinski definition) is 0. The predicted octanol–water partition coefficient (Wildman–Crippen LogP) is 2.38. The predicted molar refractivity (Wildman–Crippen MR) is 184 cm³/mol. The molecule has 0 aliphatic carbocycles. The maximum absolute atomic E-state index is 13.9. The molecule has 2 aromatic carbocycles. The summed E-state index contributed by atoms with van der Waals surface area (Å²) in [6.45, 7) is 8.63. The summed E-state index contributed by atoms with van der Waals surface area (Å²) in [6.07, 6.45) is -0.669. The molecule has 2 aliphatic rings. The van der Waals surface area contributed by atoms with E-state index in [9.17, 15) is 4.79 Å². The summed E-state index contributed by atoms with van der Waals surface area (Å²) in [5, 5.41) is 1.07. The third kappa shape index (κ3) is 12.7. The Morgan fingerprint density at radius 2 is 0.860 bits per heavy atom.